The number of nitrogens with zero attached hydrogens (tertiary/aromatic N) is 5. The summed E-state index contributed by atoms with van der Waals surface area (Å²) < 4.78 is 2.08. The van der Waals surface area contributed by atoms with Gasteiger partial charge in [-0.3, -0.25) is 14.2 Å². The molecule has 0 radical (unpaired) electrons. The first-order chi connectivity index (χ1) is 15.4. The van der Waals surface area contributed by atoms with Gasteiger partial charge in [-0.05, 0) is 58.1 Å². The topological polar surface area (TPSA) is 97.4 Å². The summed E-state index contributed by atoms with van der Waals surface area (Å²) in [6.07, 6.45) is 4.82. The van der Waals surface area contributed by atoms with Crippen LogP contribution in [-0.4, -0.2) is 62.9 Å². The summed E-state index contributed by atoms with van der Waals surface area (Å²) >= 11 is 1.44. The van der Waals surface area contributed by atoms with Crippen molar-refractivity contribution in [2.24, 2.45) is 11.7 Å². The summed E-state index contributed by atoms with van der Waals surface area (Å²) in [7, 11) is 0. The lowest BCUT2D eigenvalue weighted by Crippen LogP contribution is -2.44. The fraction of sp³-hybridized carbons (Fsp3) is 0.565. The smallest absolute Gasteiger partial charge is 0.235 e. The number of carbonyl (C=O) groups excluding carboxylic acids is 2. The van der Waals surface area contributed by atoms with E-state index in [1.807, 2.05) is 11.8 Å². The van der Waals surface area contributed by atoms with Crippen LogP contribution in [0.1, 0.15) is 44.6 Å². The van der Waals surface area contributed by atoms with Crippen LogP contribution >= 0.6 is 11.8 Å². The number of aromatic nitrogens is 3. The van der Waals surface area contributed by atoms with E-state index in [0.717, 1.165) is 42.7 Å². The lowest BCUT2D eigenvalue weighted by Gasteiger charge is -2.32. The highest BCUT2D eigenvalue weighted by Crippen LogP contribution is 2.31. The van der Waals surface area contributed by atoms with E-state index >= 15 is 0 Å². The predicted octanol–water partition coefficient (Wildman–Crippen LogP) is 2.77. The number of anilines is 1. The van der Waals surface area contributed by atoms with E-state index in [1.54, 1.807) is 0 Å². The van der Waals surface area contributed by atoms with Crippen molar-refractivity contribution in [2.75, 3.05) is 31.1 Å². The van der Waals surface area contributed by atoms with Crippen LogP contribution in [0.5, 0.6) is 0 Å². The van der Waals surface area contributed by atoms with E-state index in [4.69, 9.17) is 5.73 Å². The van der Waals surface area contributed by atoms with Crippen LogP contribution in [-0.2, 0) is 9.59 Å². The molecule has 32 heavy (non-hydrogen) atoms. The number of benzene rings is 1. The van der Waals surface area contributed by atoms with Crippen LogP contribution < -0.4 is 10.6 Å². The van der Waals surface area contributed by atoms with Gasteiger partial charge >= 0.3 is 0 Å². The predicted molar refractivity (Wildman–Crippen MR) is 126 cm³/mol. The first-order valence-corrected chi connectivity index (χ1v) is 12.3. The molecule has 0 aliphatic carbocycles. The molecule has 2 aliphatic rings. The van der Waals surface area contributed by atoms with Crippen LogP contribution in [0.3, 0.4) is 0 Å². The molecule has 2 aliphatic heterocycles. The Bertz CT molecular complexity index is 946. The number of hydrogen-bond acceptors (Lipinski definition) is 6. The molecule has 8 nitrogen and oxygen atoms in total. The van der Waals surface area contributed by atoms with Crippen LogP contribution in [0.2, 0.25) is 0 Å². The van der Waals surface area contributed by atoms with Crippen molar-refractivity contribution in [3.63, 3.8) is 0 Å². The molecule has 172 valence electrons. The third-order valence-corrected chi connectivity index (χ3v) is 7.42. The van der Waals surface area contributed by atoms with Gasteiger partial charge in [-0.15, -0.1) is 10.2 Å². The molecule has 9 heteroatoms. The number of piperidine rings is 2. The largest absolute Gasteiger partial charge is 0.369 e. The molecule has 2 aromatic rings. The minimum Gasteiger partial charge on any atom is -0.369 e. The Kier molecular flexibility index (Phi) is 7.03. The van der Waals surface area contributed by atoms with Crippen molar-refractivity contribution in [3.8, 4) is 5.69 Å². The quantitative estimate of drug-likeness (QED) is 0.672. The Balaban J connectivity index is 1.53. The molecule has 3 heterocycles. The molecular formula is C23H32N6O2S. The number of primary amides is 1. The number of nitrogens with two attached hydrogens (primary N) is 1. The normalized spacial score (nSPS) is 18.6. The fourth-order valence-electron chi connectivity index (χ4n) is 4.41. The maximum Gasteiger partial charge on any atom is 0.235 e. The second kappa shape index (κ2) is 9.94. The van der Waals surface area contributed by atoms with Crippen LogP contribution in [0.25, 0.3) is 5.69 Å². The van der Waals surface area contributed by atoms with Crippen LogP contribution in [0.15, 0.2) is 29.4 Å². The standard InChI is InChI=1S/C23H32N6O2S/c1-16-6-8-19(9-7-16)29-22(28-12-4-3-5-13-28)25-26-23(29)32-17(2)21(31)27-14-10-18(11-15-27)20(24)30/h6-9,17-18H,3-5,10-15H2,1-2H3,(H2,24,30). The average molecular weight is 457 g/mol. The summed E-state index contributed by atoms with van der Waals surface area (Å²) in [5.74, 6) is 0.517. The van der Waals surface area contributed by atoms with Crippen molar-refractivity contribution in [2.45, 2.75) is 56.4 Å². The van der Waals surface area contributed by atoms with Crippen molar-refractivity contribution in [1.29, 1.82) is 0 Å². The molecule has 1 aromatic carbocycles. The number of carbonyl (C=O) groups is 2. The average Bonchev–Trinajstić information content (AvgIpc) is 3.23. The van der Waals surface area contributed by atoms with E-state index in [1.165, 1.54) is 23.7 Å². The van der Waals surface area contributed by atoms with Crippen molar-refractivity contribution in [1.82, 2.24) is 19.7 Å². The van der Waals surface area contributed by atoms with Gasteiger partial charge in [-0.1, -0.05) is 29.5 Å². The van der Waals surface area contributed by atoms with Gasteiger partial charge in [0.2, 0.25) is 17.8 Å². The lowest BCUT2D eigenvalue weighted by atomic mass is 9.96. The Morgan fingerprint density at radius 2 is 1.69 bits per heavy atom. The maximum absolute atomic E-state index is 13.1. The van der Waals surface area contributed by atoms with Crippen molar-refractivity contribution in [3.05, 3.63) is 29.8 Å². The first-order valence-electron chi connectivity index (χ1n) is 11.5. The fourth-order valence-corrected chi connectivity index (χ4v) is 5.35. The summed E-state index contributed by atoms with van der Waals surface area (Å²) in [4.78, 5) is 28.7. The molecule has 2 saturated heterocycles. The van der Waals surface area contributed by atoms with Crippen molar-refractivity contribution >= 4 is 29.5 Å². The van der Waals surface area contributed by atoms with E-state index < -0.39 is 0 Å². The third-order valence-electron chi connectivity index (χ3n) is 6.39. The summed E-state index contributed by atoms with van der Waals surface area (Å²) in [5, 5.41) is 9.45. The second-order valence-corrected chi connectivity index (χ2v) is 10.1. The molecule has 1 unspecified atom stereocenters. The minimum atomic E-state index is -0.303. The molecular weight excluding hydrogens is 424 g/mol. The molecule has 2 amide bonds. The van der Waals surface area contributed by atoms with E-state index in [2.05, 4.69) is 50.9 Å². The van der Waals surface area contributed by atoms with Crippen molar-refractivity contribution < 1.29 is 9.59 Å². The number of thioether (sulfide) groups is 1. The number of aryl methyl sites for hydroxylation is 1. The summed E-state index contributed by atoms with van der Waals surface area (Å²) in [5.41, 5.74) is 7.63. The van der Waals surface area contributed by atoms with E-state index in [9.17, 15) is 9.59 Å². The van der Waals surface area contributed by atoms with Gasteiger partial charge in [-0.25, -0.2) is 0 Å². The number of likely N-dealkylation sites (tertiary alicyclic amines) is 1. The Morgan fingerprint density at radius 3 is 2.31 bits per heavy atom. The molecule has 0 bridgehead atoms. The Hall–Kier alpha value is -2.55. The number of rotatable bonds is 6. The molecule has 2 N–H and O–H groups in total. The van der Waals surface area contributed by atoms with Gasteiger partial charge in [-0.2, -0.15) is 0 Å². The van der Waals surface area contributed by atoms with Gasteiger partial charge in [0.15, 0.2) is 5.16 Å². The van der Waals surface area contributed by atoms with Crippen LogP contribution in [0.4, 0.5) is 5.95 Å². The van der Waals surface area contributed by atoms with Gasteiger partial charge in [0.25, 0.3) is 0 Å². The van der Waals surface area contributed by atoms with Crippen LogP contribution in [0, 0.1) is 12.8 Å². The highest BCUT2D eigenvalue weighted by Gasteiger charge is 2.30. The molecule has 1 aromatic heterocycles. The van der Waals surface area contributed by atoms with Gasteiger partial charge in [0.05, 0.1) is 10.9 Å². The number of amides is 2. The highest BCUT2D eigenvalue weighted by atomic mass is 32.2. The Morgan fingerprint density at radius 1 is 1.03 bits per heavy atom. The SMILES string of the molecule is Cc1ccc(-n2c(SC(C)C(=O)N3CCC(C(N)=O)CC3)nnc2N2CCCCC2)cc1. The maximum atomic E-state index is 13.1. The van der Waals surface area contributed by atoms with Gasteiger partial charge in [0.1, 0.15) is 0 Å². The zero-order valence-electron chi connectivity index (χ0n) is 18.9. The number of hydrogen-bond donors (Lipinski definition) is 1. The summed E-state index contributed by atoms with van der Waals surface area (Å²) in [6.45, 7) is 7.07. The molecule has 4 rings (SSSR count). The lowest BCUT2D eigenvalue weighted by molar-refractivity contribution is -0.134. The minimum absolute atomic E-state index is 0.0656. The van der Waals surface area contributed by atoms with Gasteiger partial charge < -0.3 is 15.5 Å². The Labute approximate surface area is 193 Å². The van der Waals surface area contributed by atoms with Gasteiger partial charge in [0, 0.05) is 32.1 Å². The molecule has 2 fully saturated rings. The highest BCUT2D eigenvalue weighted by molar-refractivity contribution is 8.00. The zero-order chi connectivity index (χ0) is 22.7. The summed E-state index contributed by atoms with van der Waals surface area (Å²) in [6, 6.07) is 8.33. The third kappa shape index (κ3) is 4.92. The molecule has 0 saturated carbocycles. The molecule has 0 spiro atoms. The van der Waals surface area contributed by atoms with E-state index in [-0.39, 0.29) is 23.0 Å². The first kappa shape index (κ1) is 22.6. The van der Waals surface area contributed by atoms with E-state index in [0.29, 0.717) is 25.9 Å². The monoisotopic (exact) mass is 456 g/mol. The zero-order valence-corrected chi connectivity index (χ0v) is 19.7. The molecule has 1 atom stereocenters. The second-order valence-electron chi connectivity index (χ2n) is 8.76.